The van der Waals surface area contributed by atoms with Gasteiger partial charge in [0.1, 0.15) is 0 Å². The molecule has 4 heteroatoms. The Morgan fingerprint density at radius 2 is 0.714 bits per heavy atom. The van der Waals surface area contributed by atoms with Gasteiger partial charge in [0.2, 0.25) is 5.69 Å². The highest BCUT2D eigenvalue weighted by Crippen LogP contribution is 2.49. The first-order chi connectivity index (χ1) is 29.8. The topological polar surface area (TPSA) is 19.1 Å². The van der Waals surface area contributed by atoms with Crippen LogP contribution in [0.2, 0.25) is 0 Å². The molecule has 7 aromatic carbocycles. The summed E-state index contributed by atoms with van der Waals surface area (Å²) in [4.78, 5) is 4.53. The highest BCUT2D eigenvalue weighted by molar-refractivity contribution is 6.20. The largest absolute Gasteiger partial charge is 0.317 e. The lowest BCUT2D eigenvalue weighted by molar-refractivity contribution is 0.590. The van der Waals surface area contributed by atoms with Crippen LogP contribution in [0, 0.1) is 6.57 Å². The molecule has 0 N–H and O–H groups in total. The number of rotatable bonds is 3. The van der Waals surface area contributed by atoms with Gasteiger partial charge in [-0.25, -0.2) is 4.85 Å². The lowest BCUT2D eigenvalue weighted by Crippen LogP contribution is -2.11. The summed E-state index contributed by atoms with van der Waals surface area (Å²) in [6.45, 7) is 36.7. The van der Waals surface area contributed by atoms with E-state index in [1.54, 1.807) is 0 Å². The van der Waals surface area contributed by atoms with E-state index in [0.717, 1.165) is 60.9 Å². The number of fused-ring (bicyclic) bond motifs is 9. The number of hydrogen-bond donors (Lipinski definition) is 0. The predicted octanol–water partition coefficient (Wildman–Crippen LogP) is 16.7. The van der Waals surface area contributed by atoms with Gasteiger partial charge in [-0.3, -0.25) is 0 Å². The molecule has 10 rings (SSSR count). The van der Waals surface area contributed by atoms with Crippen molar-refractivity contribution in [2.24, 2.45) is 0 Å². The number of nitrogens with zero attached hydrogens (tertiary/aromatic N) is 4. The van der Waals surface area contributed by atoms with Crippen molar-refractivity contribution in [2.45, 2.75) is 105 Å². The fourth-order valence-corrected chi connectivity index (χ4v) is 9.86. The Morgan fingerprint density at radius 1 is 0.349 bits per heavy atom. The Bertz CT molecular complexity index is 3390. The summed E-state index contributed by atoms with van der Waals surface area (Å²) in [7, 11) is 0. The van der Waals surface area contributed by atoms with E-state index in [0.29, 0.717) is 5.69 Å². The van der Waals surface area contributed by atoms with Gasteiger partial charge in [-0.15, -0.1) is 0 Å². The molecule has 4 nitrogen and oxygen atoms in total. The van der Waals surface area contributed by atoms with Crippen molar-refractivity contribution >= 4 is 71.1 Å². The van der Waals surface area contributed by atoms with E-state index < -0.39 is 0 Å². The van der Waals surface area contributed by atoms with Crippen LogP contribution in [-0.4, -0.2) is 13.7 Å². The molecule has 0 saturated heterocycles. The molecule has 0 saturated carbocycles. The normalized spacial score (nSPS) is 13.1. The first kappa shape index (κ1) is 40.5. The van der Waals surface area contributed by atoms with E-state index in [1.807, 2.05) is 0 Å². The van der Waals surface area contributed by atoms with Crippen LogP contribution in [0.3, 0.4) is 0 Å². The molecule has 0 aliphatic carbocycles. The highest BCUT2D eigenvalue weighted by Gasteiger charge is 2.30. The van der Waals surface area contributed by atoms with Crippen molar-refractivity contribution in [1.29, 1.82) is 0 Å². The monoisotopic (exact) mass is 822 g/mol. The van der Waals surface area contributed by atoms with E-state index in [-0.39, 0.29) is 21.7 Å². The molecule has 0 aliphatic rings. The quantitative estimate of drug-likeness (QED) is 0.158. The van der Waals surface area contributed by atoms with Gasteiger partial charge in [-0.05, 0) is 117 Å². The molecule has 63 heavy (non-hydrogen) atoms. The van der Waals surface area contributed by atoms with Crippen LogP contribution >= 0.6 is 0 Å². The van der Waals surface area contributed by atoms with Crippen molar-refractivity contribution in [2.75, 3.05) is 0 Å². The van der Waals surface area contributed by atoms with Crippen LogP contribution in [0.5, 0.6) is 0 Å². The molecule has 0 fully saturated rings. The van der Waals surface area contributed by atoms with Crippen molar-refractivity contribution in [3.8, 4) is 17.1 Å². The lowest BCUT2D eigenvalue weighted by Gasteiger charge is -2.22. The highest BCUT2D eigenvalue weighted by atomic mass is 15.1. The van der Waals surface area contributed by atoms with Gasteiger partial charge in [-0.1, -0.05) is 144 Å². The third kappa shape index (κ3) is 6.30. The van der Waals surface area contributed by atoms with Crippen LogP contribution in [0.15, 0.2) is 133 Å². The molecule has 0 radical (unpaired) electrons. The molecule has 0 unspecified atom stereocenters. The first-order valence-electron chi connectivity index (χ1n) is 22.5. The lowest BCUT2D eigenvalue weighted by atomic mass is 9.85. The van der Waals surface area contributed by atoms with Crippen LogP contribution in [-0.2, 0) is 21.7 Å². The summed E-state index contributed by atoms with van der Waals surface area (Å²) >= 11 is 0. The summed E-state index contributed by atoms with van der Waals surface area (Å²) < 4.78 is 7.28. The average Bonchev–Trinajstić information content (AvgIpc) is 3.86. The Hall–Kier alpha value is -6.57. The summed E-state index contributed by atoms with van der Waals surface area (Å²) in [5, 5.41) is 7.09. The minimum atomic E-state index is -0.0456. The zero-order valence-electron chi connectivity index (χ0n) is 39.0. The maximum Gasteiger partial charge on any atom is 0.214 e. The number of hydrogen-bond acceptors (Lipinski definition) is 0. The second-order valence-corrected chi connectivity index (χ2v) is 21.9. The van der Waals surface area contributed by atoms with Crippen LogP contribution in [0.25, 0.3) is 87.3 Å². The second kappa shape index (κ2) is 13.7. The van der Waals surface area contributed by atoms with E-state index in [9.17, 15) is 0 Å². The second-order valence-electron chi connectivity index (χ2n) is 21.9. The molecule has 0 amide bonds. The molecule has 314 valence electrons. The van der Waals surface area contributed by atoms with Crippen molar-refractivity contribution in [1.82, 2.24) is 13.7 Å². The molecule has 0 bridgehead atoms. The van der Waals surface area contributed by atoms with Gasteiger partial charge < -0.3 is 13.7 Å². The fourth-order valence-electron chi connectivity index (χ4n) is 9.86. The summed E-state index contributed by atoms with van der Waals surface area (Å²) in [6, 6.07) is 49.7. The SMILES string of the molecule is [C-]#[N+]c1cc2c(c(-n3c4ccc(C(C)(C)C)cc4c4cc(C(C)(C)C)ccc43)c1-n1c3ccc(C(C)(C)C)cc3c3cc(C(C)(C)C)ccc31)c1ccccc1n2-c1ccccc1. The number of aromatic nitrogens is 3. The predicted molar refractivity (Wildman–Crippen MR) is 271 cm³/mol. The van der Waals surface area contributed by atoms with Crippen molar-refractivity contribution < 1.29 is 0 Å². The van der Waals surface area contributed by atoms with Gasteiger partial charge in [0.15, 0.2) is 0 Å². The van der Waals surface area contributed by atoms with Gasteiger partial charge in [-0.2, -0.15) is 0 Å². The molecular formula is C59H58N4. The van der Waals surface area contributed by atoms with E-state index in [4.69, 9.17) is 6.57 Å². The maximum absolute atomic E-state index is 9.15. The summed E-state index contributed by atoms with van der Waals surface area (Å²) in [5.41, 5.74) is 15.1. The third-order valence-electron chi connectivity index (χ3n) is 13.5. The Morgan fingerprint density at radius 3 is 1.11 bits per heavy atom. The minimum Gasteiger partial charge on any atom is -0.317 e. The Balaban J connectivity index is 1.49. The van der Waals surface area contributed by atoms with Gasteiger partial charge in [0.25, 0.3) is 0 Å². The molecule has 3 heterocycles. The molecule has 0 spiro atoms. The van der Waals surface area contributed by atoms with E-state index in [1.165, 1.54) is 43.8 Å². The van der Waals surface area contributed by atoms with Gasteiger partial charge in [0.05, 0.1) is 45.5 Å². The number of benzene rings is 7. The van der Waals surface area contributed by atoms with Crippen LogP contribution < -0.4 is 0 Å². The minimum absolute atomic E-state index is 0.0451. The Labute approximate surface area is 372 Å². The maximum atomic E-state index is 9.15. The molecule has 10 aromatic rings. The summed E-state index contributed by atoms with van der Waals surface area (Å²) in [5.74, 6) is 0. The zero-order chi connectivity index (χ0) is 44.5. The molecular weight excluding hydrogens is 765 g/mol. The van der Waals surface area contributed by atoms with Crippen LogP contribution in [0.4, 0.5) is 5.69 Å². The van der Waals surface area contributed by atoms with Crippen molar-refractivity contribution in [3.63, 3.8) is 0 Å². The van der Waals surface area contributed by atoms with Crippen molar-refractivity contribution in [3.05, 3.63) is 167 Å². The summed E-state index contributed by atoms with van der Waals surface area (Å²) in [6.07, 6.45) is 0. The average molecular weight is 823 g/mol. The first-order valence-corrected chi connectivity index (χ1v) is 22.5. The molecule has 0 aliphatic heterocycles. The van der Waals surface area contributed by atoms with Gasteiger partial charge >= 0.3 is 0 Å². The van der Waals surface area contributed by atoms with E-state index in [2.05, 4.69) is 235 Å². The van der Waals surface area contributed by atoms with E-state index >= 15 is 0 Å². The third-order valence-corrected chi connectivity index (χ3v) is 13.5. The smallest absolute Gasteiger partial charge is 0.214 e. The Kier molecular flexibility index (Phi) is 8.82. The zero-order valence-corrected chi connectivity index (χ0v) is 39.0. The van der Waals surface area contributed by atoms with Crippen LogP contribution in [0.1, 0.15) is 105 Å². The number of para-hydroxylation sites is 2. The molecule has 0 atom stereocenters. The molecule has 3 aromatic heterocycles. The van der Waals surface area contributed by atoms with Gasteiger partial charge in [0, 0.05) is 43.5 Å². The fraction of sp³-hybridized carbons (Fsp3) is 0.271. The standard InChI is InChI=1S/C59H58N4/c1-56(2,3)36-23-27-48-42(31-36)43-32-37(57(4,5)6)24-28-49(43)62(48)54-46(60-13)35-52-53(41-21-17-18-22-47(41)61(52)40-19-15-14-16-20-40)55(54)63-50-29-25-38(58(7,8)9)33-44(50)45-34-39(59(10,11)12)26-30-51(45)63/h14-35H,1-12H3.